The lowest BCUT2D eigenvalue weighted by atomic mass is 9.98. The summed E-state index contributed by atoms with van der Waals surface area (Å²) in [5.74, 6) is 0.926. The monoisotopic (exact) mass is 325 g/mol. The fourth-order valence-corrected chi connectivity index (χ4v) is 2.61. The van der Waals surface area contributed by atoms with Crippen molar-refractivity contribution in [2.75, 3.05) is 5.32 Å². The van der Waals surface area contributed by atoms with Crippen LogP contribution in [0.3, 0.4) is 0 Å². The van der Waals surface area contributed by atoms with Crippen LogP contribution < -0.4 is 10.1 Å². The van der Waals surface area contributed by atoms with E-state index in [1.807, 2.05) is 44.2 Å². The van der Waals surface area contributed by atoms with Crippen LogP contribution in [0.4, 0.5) is 5.69 Å². The van der Waals surface area contributed by atoms with Crippen LogP contribution >= 0.6 is 0 Å². The lowest BCUT2D eigenvalue weighted by Gasteiger charge is -2.19. The second-order valence-electron chi connectivity index (χ2n) is 6.69. The van der Waals surface area contributed by atoms with Crippen LogP contribution in [0.25, 0.3) is 0 Å². The first kappa shape index (κ1) is 18.1. The third-order valence-corrected chi connectivity index (χ3v) is 4.34. The van der Waals surface area contributed by atoms with Gasteiger partial charge < -0.3 is 10.1 Å². The van der Waals surface area contributed by atoms with E-state index in [2.05, 4.69) is 32.2 Å². The summed E-state index contributed by atoms with van der Waals surface area (Å²) in [7, 11) is 0. The predicted molar refractivity (Wildman–Crippen MR) is 99.9 cm³/mol. The Morgan fingerprint density at radius 3 is 2.29 bits per heavy atom. The molecular weight excluding hydrogens is 298 g/mol. The Morgan fingerprint density at radius 1 is 0.958 bits per heavy atom. The van der Waals surface area contributed by atoms with Crippen molar-refractivity contribution in [1.82, 2.24) is 0 Å². The van der Waals surface area contributed by atoms with E-state index in [9.17, 15) is 4.79 Å². The Kier molecular flexibility index (Phi) is 5.66. The molecule has 1 amide bonds. The molecule has 1 N–H and O–H groups in total. The van der Waals surface area contributed by atoms with E-state index in [1.54, 1.807) is 6.92 Å². The molecule has 0 aliphatic heterocycles. The Bertz CT molecular complexity index is 735. The molecule has 0 unspecified atom stereocenters. The number of aryl methyl sites for hydroxylation is 3. The Morgan fingerprint density at radius 2 is 1.67 bits per heavy atom. The van der Waals surface area contributed by atoms with E-state index < -0.39 is 6.10 Å². The highest BCUT2D eigenvalue weighted by atomic mass is 16.5. The van der Waals surface area contributed by atoms with Gasteiger partial charge in [0.05, 0.1) is 0 Å². The summed E-state index contributed by atoms with van der Waals surface area (Å²) in [5, 5.41) is 3.04. The molecule has 3 nitrogen and oxygen atoms in total. The maximum Gasteiger partial charge on any atom is 0.265 e. The molecule has 3 heteroatoms. The fraction of sp³-hybridized carbons (Fsp3) is 0.381. The molecule has 0 saturated heterocycles. The lowest BCUT2D eigenvalue weighted by Crippen LogP contribution is -2.30. The van der Waals surface area contributed by atoms with E-state index in [0.29, 0.717) is 5.92 Å². The van der Waals surface area contributed by atoms with Crippen molar-refractivity contribution >= 4 is 11.6 Å². The van der Waals surface area contributed by atoms with Crippen LogP contribution in [0.1, 0.15) is 48.9 Å². The highest BCUT2D eigenvalue weighted by Gasteiger charge is 2.18. The van der Waals surface area contributed by atoms with Gasteiger partial charge in [0.25, 0.3) is 5.91 Å². The van der Waals surface area contributed by atoms with Crippen LogP contribution in [0, 0.1) is 20.8 Å². The van der Waals surface area contributed by atoms with Crippen molar-refractivity contribution in [3.63, 3.8) is 0 Å². The van der Waals surface area contributed by atoms with Crippen LogP contribution in [-0.4, -0.2) is 12.0 Å². The van der Waals surface area contributed by atoms with Gasteiger partial charge in [0.1, 0.15) is 5.75 Å². The molecule has 0 heterocycles. The first-order valence-electron chi connectivity index (χ1n) is 8.44. The Labute approximate surface area is 145 Å². The van der Waals surface area contributed by atoms with Crippen molar-refractivity contribution in [2.45, 2.75) is 53.6 Å². The summed E-state index contributed by atoms with van der Waals surface area (Å²) in [6.45, 7) is 12.1. The third-order valence-electron chi connectivity index (χ3n) is 4.34. The zero-order chi connectivity index (χ0) is 17.9. The second kappa shape index (κ2) is 7.52. The summed E-state index contributed by atoms with van der Waals surface area (Å²) in [4.78, 5) is 12.6. The van der Waals surface area contributed by atoms with Gasteiger partial charge in [-0.2, -0.15) is 0 Å². The van der Waals surface area contributed by atoms with Gasteiger partial charge in [-0.05, 0) is 68.0 Å². The van der Waals surface area contributed by atoms with Gasteiger partial charge in [0.2, 0.25) is 0 Å². The third kappa shape index (κ3) is 4.16. The van der Waals surface area contributed by atoms with Gasteiger partial charge in [-0.25, -0.2) is 0 Å². The van der Waals surface area contributed by atoms with Crippen molar-refractivity contribution in [3.05, 3.63) is 58.7 Å². The van der Waals surface area contributed by atoms with Gasteiger partial charge in [-0.1, -0.05) is 38.1 Å². The molecule has 2 aromatic carbocycles. The van der Waals surface area contributed by atoms with Gasteiger partial charge in [-0.15, -0.1) is 0 Å². The number of amides is 1. The van der Waals surface area contributed by atoms with Crippen molar-refractivity contribution in [1.29, 1.82) is 0 Å². The number of ether oxygens (including phenoxy) is 1. The molecule has 1 atom stereocenters. The number of rotatable bonds is 5. The first-order chi connectivity index (χ1) is 11.3. The van der Waals surface area contributed by atoms with Crippen LogP contribution in [0.2, 0.25) is 0 Å². The summed E-state index contributed by atoms with van der Waals surface area (Å²) in [6, 6.07) is 12.0. The number of benzene rings is 2. The maximum absolute atomic E-state index is 12.6. The van der Waals surface area contributed by atoms with E-state index in [4.69, 9.17) is 4.74 Å². The molecule has 128 valence electrons. The normalized spacial score (nSPS) is 12.1. The number of para-hydroxylation sites is 1. The number of hydrogen-bond acceptors (Lipinski definition) is 2. The number of nitrogens with one attached hydrogen (secondary N) is 1. The van der Waals surface area contributed by atoms with E-state index in [1.165, 1.54) is 5.56 Å². The zero-order valence-corrected chi connectivity index (χ0v) is 15.4. The molecule has 0 spiro atoms. The largest absolute Gasteiger partial charge is 0.481 e. The van der Waals surface area contributed by atoms with Crippen LogP contribution in [0.15, 0.2) is 36.4 Å². The average molecular weight is 325 g/mol. The average Bonchev–Trinajstić information content (AvgIpc) is 2.52. The van der Waals surface area contributed by atoms with Crippen LogP contribution in [0.5, 0.6) is 5.75 Å². The minimum absolute atomic E-state index is 0.135. The summed E-state index contributed by atoms with van der Waals surface area (Å²) in [5.41, 5.74) is 5.46. The Balaban J connectivity index is 2.13. The molecule has 0 aliphatic rings. The van der Waals surface area contributed by atoms with E-state index >= 15 is 0 Å². The van der Waals surface area contributed by atoms with E-state index in [0.717, 1.165) is 28.1 Å². The van der Waals surface area contributed by atoms with Gasteiger partial charge in [0.15, 0.2) is 6.10 Å². The summed E-state index contributed by atoms with van der Waals surface area (Å²) < 4.78 is 5.81. The standard InChI is InChI=1S/C21H27NO2/c1-13(2)19-9-7-8-15(4)20(19)22-21(23)17(6)24-18-11-10-14(3)16(5)12-18/h7-13,17H,1-6H3,(H,22,23)/t17-/m1/s1. The van der Waals surface area contributed by atoms with Crippen LogP contribution in [-0.2, 0) is 4.79 Å². The van der Waals surface area contributed by atoms with Gasteiger partial charge >= 0.3 is 0 Å². The SMILES string of the molecule is Cc1ccc(O[C@H](C)C(=O)Nc2c(C)cccc2C(C)C)cc1C. The second-order valence-corrected chi connectivity index (χ2v) is 6.69. The molecular formula is C21H27NO2. The number of carbonyl (C=O) groups is 1. The molecule has 2 rings (SSSR count). The smallest absolute Gasteiger partial charge is 0.265 e. The van der Waals surface area contributed by atoms with E-state index in [-0.39, 0.29) is 5.91 Å². The Hall–Kier alpha value is -2.29. The topological polar surface area (TPSA) is 38.3 Å². The van der Waals surface area contributed by atoms with Crippen molar-refractivity contribution < 1.29 is 9.53 Å². The van der Waals surface area contributed by atoms with Gasteiger partial charge in [-0.3, -0.25) is 4.79 Å². The first-order valence-corrected chi connectivity index (χ1v) is 8.44. The number of carbonyl (C=O) groups excluding carboxylic acids is 1. The molecule has 0 saturated carbocycles. The number of anilines is 1. The van der Waals surface area contributed by atoms with Crippen molar-refractivity contribution in [3.8, 4) is 5.75 Å². The highest BCUT2D eigenvalue weighted by molar-refractivity contribution is 5.95. The minimum Gasteiger partial charge on any atom is -0.481 e. The van der Waals surface area contributed by atoms with Crippen molar-refractivity contribution in [2.24, 2.45) is 0 Å². The lowest BCUT2D eigenvalue weighted by molar-refractivity contribution is -0.122. The molecule has 0 bridgehead atoms. The fourth-order valence-electron chi connectivity index (χ4n) is 2.61. The molecule has 2 aromatic rings. The quantitative estimate of drug-likeness (QED) is 0.826. The molecule has 24 heavy (non-hydrogen) atoms. The molecule has 0 fully saturated rings. The van der Waals surface area contributed by atoms with Gasteiger partial charge in [0, 0.05) is 5.69 Å². The summed E-state index contributed by atoms with van der Waals surface area (Å²) >= 11 is 0. The molecule has 0 aromatic heterocycles. The predicted octanol–water partition coefficient (Wildman–Crippen LogP) is 5.14. The maximum atomic E-state index is 12.6. The summed E-state index contributed by atoms with van der Waals surface area (Å²) in [6.07, 6.45) is -0.563. The zero-order valence-electron chi connectivity index (χ0n) is 15.4. The highest BCUT2D eigenvalue weighted by Crippen LogP contribution is 2.27. The molecule has 0 aliphatic carbocycles. The molecule has 0 radical (unpaired) electrons. The minimum atomic E-state index is -0.563. The number of hydrogen-bond donors (Lipinski definition) is 1.